The van der Waals surface area contributed by atoms with E-state index in [1.807, 2.05) is 0 Å². The van der Waals surface area contributed by atoms with Crippen molar-refractivity contribution >= 4 is 5.97 Å². The van der Waals surface area contributed by atoms with Crippen LogP contribution < -0.4 is 0 Å². The number of aliphatic hydroxyl groups is 1. The Labute approximate surface area is 282 Å². The molecule has 0 heterocycles. The average Bonchev–Trinajstić information content (AvgIpc) is 3.05. The smallest absolute Gasteiger partial charge is 0.306 e. The van der Waals surface area contributed by atoms with Gasteiger partial charge in [-0.2, -0.15) is 0 Å². The van der Waals surface area contributed by atoms with E-state index in [0.29, 0.717) is 19.6 Å². The lowest BCUT2D eigenvalue weighted by molar-refractivity contribution is -0.154. The molecule has 0 rings (SSSR count). The van der Waals surface area contributed by atoms with Crippen LogP contribution in [0.1, 0.15) is 219 Å². The summed E-state index contributed by atoms with van der Waals surface area (Å²) in [6.45, 7) is 5.37. The normalized spacial score (nSPS) is 12.3. The number of aliphatic hydroxyl groups excluding tert-OH is 1. The zero-order valence-electron chi connectivity index (χ0n) is 30.7. The number of hydrogen-bond donors (Lipinski definition) is 1. The van der Waals surface area contributed by atoms with Crippen molar-refractivity contribution in [3.8, 4) is 0 Å². The van der Waals surface area contributed by atoms with Crippen molar-refractivity contribution in [1.82, 2.24) is 0 Å². The van der Waals surface area contributed by atoms with Crippen molar-refractivity contribution in [2.75, 3.05) is 19.8 Å². The molecule has 1 unspecified atom stereocenters. The van der Waals surface area contributed by atoms with Crippen LogP contribution in [0.2, 0.25) is 0 Å². The summed E-state index contributed by atoms with van der Waals surface area (Å²) in [5, 5.41) is 9.58. The van der Waals surface area contributed by atoms with Crippen molar-refractivity contribution < 1.29 is 19.4 Å². The number of esters is 1. The van der Waals surface area contributed by atoms with Gasteiger partial charge in [0.25, 0.3) is 0 Å². The average molecular weight is 637 g/mol. The van der Waals surface area contributed by atoms with Crippen molar-refractivity contribution in [2.45, 2.75) is 225 Å². The number of hydrogen-bond acceptors (Lipinski definition) is 4. The molecular formula is C41H80O4. The second-order valence-electron chi connectivity index (χ2n) is 13.7. The van der Waals surface area contributed by atoms with Gasteiger partial charge < -0.3 is 14.6 Å². The molecule has 0 amide bonds. The Balaban J connectivity index is 3.40. The van der Waals surface area contributed by atoms with Gasteiger partial charge in [-0.25, -0.2) is 0 Å². The van der Waals surface area contributed by atoms with Gasteiger partial charge in [-0.1, -0.05) is 187 Å². The van der Waals surface area contributed by atoms with Crippen LogP contribution >= 0.6 is 0 Å². The van der Waals surface area contributed by atoms with Gasteiger partial charge in [0.15, 0.2) is 0 Å². The molecule has 0 aromatic rings. The molecule has 0 aliphatic rings. The monoisotopic (exact) mass is 637 g/mol. The first-order valence-corrected chi connectivity index (χ1v) is 20.3. The minimum atomic E-state index is -0.531. The Morgan fingerprint density at radius 1 is 0.511 bits per heavy atom. The summed E-state index contributed by atoms with van der Waals surface area (Å²) < 4.78 is 11.1. The highest BCUT2D eigenvalue weighted by Gasteiger charge is 2.13. The SMILES string of the molecule is CCCCCCCCC/C=C\CCCCCCCC(=O)OC(CO)COCCCCCCCCCCCCCCCCCCC. The highest BCUT2D eigenvalue weighted by atomic mass is 16.6. The minimum Gasteiger partial charge on any atom is -0.457 e. The highest BCUT2D eigenvalue weighted by molar-refractivity contribution is 5.69. The molecule has 0 aromatic carbocycles. The Bertz CT molecular complexity index is 590. The number of allylic oxidation sites excluding steroid dienone is 2. The molecule has 0 aliphatic heterocycles. The van der Waals surface area contributed by atoms with E-state index in [1.54, 1.807) is 0 Å². The molecular weight excluding hydrogens is 556 g/mol. The topological polar surface area (TPSA) is 55.8 Å². The lowest BCUT2D eigenvalue weighted by Crippen LogP contribution is -2.27. The highest BCUT2D eigenvalue weighted by Crippen LogP contribution is 2.15. The number of rotatable bonds is 38. The molecule has 1 N–H and O–H groups in total. The summed E-state index contributed by atoms with van der Waals surface area (Å²) in [5.41, 5.74) is 0. The van der Waals surface area contributed by atoms with Gasteiger partial charge >= 0.3 is 5.97 Å². The number of carbonyl (C=O) groups is 1. The van der Waals surface area contributed by atoms with E-state index in [1.165, 1.54) is 180 Å². The van der Waals surface area contributed by atoms with E-state index >= 15 is 0 Å². The molecule has 0 radical (unpaired) electrons. The second-order valence-corrected chi connectivity index (χ2v) is 13.7. The van der Waals surface area contributed by atoms with Crippen LogP contribution in [0, 0.1) is 0 Å². The van der Waals surface area contributed by atoms with Crippen molar-refractivity contribution in [3.05, 3.63) is 12.2 Å². The molecule has 4 nitrogen and oxygen atoms in total. The Morgan fingerprint density at radius 3 is 1.27 bits per heavy atom. The van der Waals surface area contributed by atoms with Crippen LogP contribution in [-0.2, 0) is 14.3 Å². The molecule has 0 fully saturated rings. The third kappa shape index (κ3) is 37.5. The van der Waals surface area contributed by atoms with Crippen LogP contribution in [0.5, 0.6) is 0 Å². The maximum atomic E-state index is 12.2. The maximum Gasteiger partial charge on any atom is 0.306 e. The zero-order valence-corrected chi connectivity index (χ0v) is 30.7. The maximum absolute atomic E-state index is 12.2. The lowest BCUT2D eigenvalue weighted by atomic mass is 10.0. The predicted octanol–water partition coefficient (Wildman–Crippen LogP) is 13.0. The van der Waals surface area contributed by atoms with Crippen molar-refractivity contribution in [1.29, 1.82) is 0 Å². The molecule has 0 bridgehead atoms. The van der Waals surface area contributed by atoms with Crippen LogP contribution in [-0.4, -0.2) is 37.0 Å². The fourth-order valence-corrected chi connectivity index (χ4v) is 6.03. The second kappa shape index (κ2) is 39.3. The minimum absolute atomic E-state index is 0.169. The van der Waals surface area contributed by atoms with Gasteiger partial charge in [0.2, 0.25) is 0 Å². The standard InChI is InChI=1S/C41H80O4/c1-3-5-7-9-11-13-15-17-19-21-23-25-27-29-31-33-35-37-44-39-40(38-42)45-41(43)36-34-32-30-28-26-24-22-20-18-16-14-12-10-8-6-4-2/h20,22,40,42H,3-19,21,23-39H2,1-2H3/b22-20-. The third-order valence-electron chi connectivity index (χ3n) is 9.09. The summed E-state index contributed by atoms with van der Waals surface area (Å²) in [7, 11) is 0. The molecule has 0 aliphatic carbocycles. The third-order valence-corrected chi connectivity index (χ3v) is 9.09. The fraction of sp³-hybridized carbons (Fsp3) is 0.927. The number of ether oxygens (including phenoxy) is 2. The van der Waals surface area contributed by atoms with Crippen LogP contribution in [0.25, 0.3) is 0 Å². The Hall–Kier alpha value is -0.870. The number of carbonyl (C=O) groups excluding carboxylic acids is 1. The molecule has 0 saturated carbocycles. The molecule has 0 aromatic heterocycles. The first-order chi connectivity index (χ1) is 22.2. The quantitative estimate of drug-likeness (QED) is 0.0416. The Morgan fingerprint density at radius 2 is 0.867 bits per heavy atom. The van der Waals surface area contributed by atoms with E-state index in [9.17, 15) is 9.90 Å². The van der Waals surface area contributed by atoms with Gasteiger partial charge in [0.05, 0.1) is 13.2 Å². The van der Waals surface area contributed by atoms with Crippen molar-refractivity contribution in [3.63, 3.8) is 0 Å². The number of unbranched alkanes of at least 4 members (excludes halogenated alkanes) is 28. The fourth-order valence-electron chi connectivity index (χ4n) is 6.03. The van der Waals surface area contributed by atoms with E-state index in [0.717, 1.165) is 19.3 Å². The van der Waals surface area contributed by atoms with Crippen LogP contribution in [0.3, 0.4) is 0 Å². The van der Waals surface area contributed by atoms with Gasteiger partial charge in [-0.15, -0.1) is 0 Å². The lowest BCUT2D eigenvalue weighted by Gasteiger charge is -2.15. The summed E-state index contributed by atoms with van der Waals surface area (Å²) >= 11 is 0. The molecule has 45 heavy (non-hydrogen) atoms. The van der Waals surface area contributed by atoms with Gasteiger partial charge in [-0.05, 0) is 38.5 Å². The van der Waals surface area contributed by atoms with E-state index in [2.05, 4.69) is 26.0 Å². The largest absolute Gasteiger partial charge is 0.457 e. The van der Waals surface area contributed by atoms with Gasteiger partial charge in [0.1, 0.15) is 6.10 Å². The van der Waals surface area contributed by atoms with E-state index in [4.69, 9.17) is 9.47 Å². The summed E-state index contributed by atoms with van der Waals surface area (Å²) in [4.78, 5) is 12.2. The molecule has 0 saturated heterocycles. The predicted molar refractivity (Wildman–Crippen MR) is 196 cm³/mol. The Kier molecular flexibility index (Phi) is 38.5. The summed E-state index contributed by atoms with van der Waals surface area (Å²) in [6.07, 6.45) is 45.5. The summed E-state index contributed by atoms with van der Waals surface area (Å²) in [6, 6.07) is 0. The molecule has 0 spiro atoms. The van der Waals surface area contributed by atoms with Crippen LogP contribution in [0.15, 0.2) is 12.2 Å². The first kappa shape index (κ1) is 44.1. The van der Waals surface area contributed by atoms with Gasteiger partial charge in [0, 0.05) is 13.0 Å². The molecule has 268 valence electrons. The van der Waals surface area contributed by atoms with Gasteiger partial charge in [-0.3, -0.25) is 4.79 Å². The van der Waals surface area contributed by atoms with Crippen LogP contribution in [0.4, 0.5) is 0 Å². The van der Waals surface area contributed by atoms with E-state index in [-0.39, 0.29) is 12.6 Å². The first-order valence-electron chi connectivity index (χ1n) is 20.3. The molecule has 1 atom stereocenters. The van der Waals surface area contributed by atoms with Crippen molar-refractivity contribution in [2.24, 2.45) is 0 Å². The molecule has 4 heteroatoms. The zero-order chi connectivity index (χ0) is 32.7. The van der Waals surface area contributed by atoms with E-state index < -0.39 is 6.10 Å². The summed E-state index contributed by atoms with van der Waals surface area (Å²) in [5.74, 6) is -0.205.